The van der Waals surface area contributed by atoms with Crippen LogP contribution in [-0.2, 0) is 4.79 Å². The van der Waals surface area contributed by atoms with Crippen molar-refractivity contribution in [2.24, 2.45) is 11.7 Å². The van der Waals surface area contributed by atoms with Crippen molar-refractivity contribution in [3.8, 4) is 11.6 Å². The third-order valence-electron chi connectivity index (χ3n) is 4.72. The zero-order chi connectivity index (χ0) is 19.7. The number of methoxy groups -OCH3 is 1. The number of nitrogens with two attached hydrogens (primary N) is 1. The molecule has 1 aliphatic rings. The van der Waals surface area contributed by atoms with Crippen LogP contribution < -0.4 is 20.5 Å². The Labute approximate surface area is 153 Å². The van der Waals surface area contributed by atoms with Gasteiger partial charge >= 0.3 is 0 Å². The number of carbonyl (C=O) groups is 2. The number of ether oxygens (including phenoxy) is 2. The predicted octanol–water partition coefficient (Wildman–Crippen LogP) is 1.72. The Morgan fingerprint density at radius 1 is 1.44 bits per heavy atom. The minimum absolute atomic E-state index is 0.00789. The van der Waals surface area contributed by atoms with Crippen molar-refractivity contribution in [3.05, 3.63) is 29.7 Å². The van der Waals surface area contributed by atoms with E-state index in [2.05, 4.69) is 10.3 Å². The number of amides is 2. The summed E-state index contributed by atoms with van der Waals surface area (Å²) in [6, 6.07) is 2.34. The Hall–Kier alpha value is -2.97. The number of fused-ring (bicyclic) bond motifs is 1. The first kappa shape index (κ1) is 18.8. The van der Waals surface area contributed by atoms with E-state index >= 15 is 0 Å². The molecule has 0 bridgehead atoms. The highest BCUT2D eigenvalue weighted by Gasteiger charge is 2.41. The van der Waals surface area contributed by atoms with Gasteiger partial charge in [-0.1, -0.05) is 6.92 Å². The number of hydrogen-bond acceptors (Lipinski definition) is 5. The molecule has 0 spiro atoms. The number of hydrogen-bond donors (Lipinski definition) is 2. The number of primary amides is 1. The second kappa shape index (κ2) is 7.34. The SMILES string of the molecule is CCC1[C@H](F)C(=O)N[C@@H]1COc1nccc2cc(C(N)=O)c(OC)c(F)c12. The number of halogens is 2. The molecule has 1 aromatic heterocycles. The average molecular weight is 379 g/mol. The number of aromatic nitrogens is 1. The third-order valence-corrected chi connectivity index (χ3v) is 4.72. The first-order chi connectivity index (χ1) is 12.9. The molecule has 7 nitrogen and oxygen atoms in total. The molecule has 0 aliphatic carbocycles. The van der Waals surface area contributed by atoms with Crippen LogP contribution in [0.3, 0.4) is 0 Å². The summed E-state index contributed by atoms with van der Waals surface area (Å²) in [6.07, 6.45) is 0.233. The molecule has 1 fully saturated rings. The number of pyridine rings is 1. The molecule has 2 amide bonds. The van der Waals surface area contributed by atoms with Gasteiger partial charge in [0.1, 0.15) is 6.61 Å². The number of rotatable bonds is 6. The Bertz CT molecular complexity index is 906. The second-order valence-electron chi connectivity index (χ2n) is 6.25. The Morgan fingerprint density at radius 2 is 2.19 bits per heavy atom. The van der Waals surface area contributed by atoms with Crippen LogP contribution in [0, 0.1) is 11.7 Å². The van der Waals surface area contributed by atoms with E-state index in [1.807, 2.05) is 0 Å². The lowest BCUT2D eigenvalue weighted by Crippen LogP contribution is -2.34. The zero-order valence-electron chi connectivity index (χ0n) is 14.8. The fraction of sp³-hybridized carbons (Fsp3) is 0.389. The Morgan fingerprint density at radius 3 is 2.81 bits per heavy atom. The van der Waals surface area contributed by atoms with Crippen molar-refractivity contribution >= 4 is 22.6 Å². The maximum atomic E-state index is 14.9. The summed E-state index contributed by atoms with van der Waals surface area (Å²) in [6.45, 7) is 1.70. The van der Waals surface area contributed by atoms with Gasteiger partial charge in [0, 0.05) is 12.1 Å². The number of carbonyl (C=O) groups excluding carboxylic acids is 2. The molecule has 27 heavy (non-hydrogen) atoms. The molecule has 1 unspecified atom stereocenters. The molecule has 0 radical (unpaired) electrons. The van der Waals surface area contributed by atoms with Crippen molar-refractivity contribution in [3.63, 3.8) is 0 Å². The molecule has 3 N–H and O–H groups in total. The Balaban J connectivity index is 1.96. The first-order valence-electron chi connectivity index (χ1n) is 8.41. The van der Waals surface area contributed by atoms with Gasteiger partial charge in [-0.25, -0.2) is 13.8 Å². The van der Waals surface area contributed by atoms with Crippen LogP contribution in [0.2, 0.25) is 0 Å². The van der Waals surface area contributed by atoms with Crippen molar-refractivity contribution in [1.29, 1.82) is 0 Å². The molecule has 3 atom stereocenters. The summed E-state index contributed by atoms with van der Waals surface area (Å²) in [5, 5.41) is 2.89. The summed E-state index contributed by atoms with van der Waals surface area (Å²) in [7, 11) is 1.22. The lowest BCUT2D eigenvalue weighted by molar-refractivity contribution is -0.123. The van der Waals surface area contributed by atoms with E-state index in [9.17, 15) is 18.4 Å². The van der Waals surface area contributed by atoms with E-state index in [1.54, 1.807) is 6.92 Å². The number of alkyl halides is 1. The van der Waals surface area contributed by atoms with Gasteiger partial charge in [0.15, 0.2) is 17.7 Å². The van der Waals surface area contributed by atoms with Crippen molar-refractivity contribution in [1.82, 2.24) is 10.3 Å². The van der Waals surface area contributed by atoms with Gasteiger partial charge in [0.25, 0.3) is 11.8 Å². The number of nitrogens with zero attached hydrogens (tertiary/aromatic N) is 1. The summed E-state index contributed by atoms with van der Waals surface area (Å²) in [4.78, 5) is 27.1. The normalized spacial score (nSPS) is 21.9. The van der Waals surface area contributed by atoms with Crippen LogP contribution in [-0.4, -0.2) is 42.7 Å². The van der Waals surface area contributed by atoms with Gasteiger partial charge in [0.05, 0.1) is 24.1 Å². The molecule has 2 aromatic rings. The summed E-state index contributed by atoms with van der Waals surface area (Å²) < 4.78 is 39.4. The molecule has 0 saturated carbocycles. The van der Waals surface area contributed by atoms with Gasteiger partial charge in [-0.05, 0) is 23.9 Å². The fourth-order valence-electron chi connectivity index (χ4n) is 3.34. The van der Waals surface area contributed by atoms with Crippen LogP contribution in [0.15, 0.2) is 18.3 Å². The summed E-state index contributed by atoms with van der Waals surface area (Å²) >= 11 is 0. The maximum Gasteiger partial charge on any atom is 0.255 e. The van der Waals surface area contributed by atoms with Gasteiger partial charge in [-0.2, -0.15) is 0 Å². The molecular formula is C18H19F2N3O4. The van der Waals surface area contributed by atoms with Crippen LogP contribution >= 0.6 is 0 Å². The molecule has 3 rings (SSSR count). The number of benzene rings is 1. The number of nitrogens with one attached hydrogen (secondary N) is 1. The Kier molecular flexibility index (Phi) is 5.11. The van der Waals surface area contributed by atoms with Gasteiger partial charge in [-0.3, -0.25) is 9.59 Å². The molecule has 2 heterocycles. The highest BCUT2D eigenvalue weighted by Crippen LogP contribution is 2.35. The van der Waals surface area contributed by atoms with E-state index in [1.165, 1.54) is 25.4 Å². The van der Waals surface area contributed by atoms with Crippen LogP contribution in [0.4, 0.5) is 8.78 Å². The topological polar surface area (TPSA) is 104 Å². The largest absolute Gasteiger partial charge is 0.493 e. The minimum Gasteiger partial charge on any atom is -0.493 e. The van der Waals surface area contributed by atoms with Gasteiger partial charge < -0.3 is 20.5 Å². The zero-order valence-corrected chi connectivity index (χ0v) is 14.8. The quantitative estimate of drug-likeness (QED) is 0.796. The molecule has 1 aromatic carbocycles. The molecule has 1 saturated heterocycles. The average Bonchev–Trinajstić information content (AvgIpc) is 2.92. The molecule has 144 valence electrons. The van der Waals surface area contributed by atoms with Gasteiger partial charge in [-0.15, -0.1) is 0 Å². The van der Waals surface area contributed by atoms with Crippen LogP contribution in [0.1, 0.15) is 23.7 Å². The van der Waals surface area contributed by atoms with Crippen molar-refractivity contribution in [2.75, 3.05) is 13.7 Å². The van der Waals surface area contributed by atoms with Crippen molar-refractivity contribution in [2.45, 2.75) is 25.6 Å². The van der Waals surface area contributed by atoms with E-state index in [-0.39, 0.29) is 29.2 Å². The third kappa shape index (κ3) is 3.24. The standard InChI is InChI=1S/C18H19F2N3O4/c1-3-9-11(23-17(25)13(9)19)7-27-18-12-8(4-5-22-18)6-10(16(21)24)15(26-2)14(12)20/h4-6,9,11,13H,3,7H2,1-2H3,(H2,21,24)(H,23,25)/t9?,11-,13+/m1/s1. The predicted molar refractivity (Wildman–Crippen MR) is 92.9 cm³/mol. The van der Waals surface area contributed by atoms with Gasteiger partial charge in [0.2, 0.25) is 5.88 Å². The monoisotopic (exact) mass is 379 g/mol. The smallest absolute Gasteiger partial charge is 0.255 e. The fourth-order valence-corrected chi connectivity index (χ4v) is 3.34. The summed E-state index contributed by atoms with van der Waals surface area (Å²) in [5.74, 6) is -3.24. The van der Waals surface area contributed by atoms with E-state index in [0.29, 0.717) is 11.8 Å². The minimum atomic E-state index is -1.60. The lowest BCUT2D eigenvalue weighted by atomic mass is 9.97. The maximum absolute atomic E-state index is 14.9. The van der Waals surface area contributed by atoms with E-state index < -0.39 is 35.8 Å². The first-order valence-corrected chi connectivity index (χ1v) is 8.41. The van der Waals surface area contributed by atoms with Crippen molar-refractivity contribution < 1.29 is 27.8 Å². The van der Waals surface area contributed by atoms with Crippen LogP contribution in [0.5, 0.6) is 11.6 Å². The summed E-state index contributed by atoms with van der Waals surface area (Å²) in [5.41, 5.74) is 5.18. The van der Waals surface area contributed by atoms with E-state index in [4.69, 9.17) is 15.2 Å². The highest BCUT2D eigenvalue weighted by molar-refractivity contribution is 6.02. The molecule has 9 heteroatoms. The second-order valence-corrected chi connectivity index (χ2v) is 6.25. The highest BCUT2D eigenvalue weighted by atomic mass is 19.1. The van der Waals surface area contributed by atoms with Crippen LogP contribution in [0.25, 0.3) is 10.8 Å². The molecule has 1 aliphatic heterocycles. The molecular weight excluding hydrogens is 360 g/mol. The lowest BCUT2D eigenvalue weighted by Gasteiger charge is -2.19. The van der Waals surface area contributed by atoms with E-state index in [0.717, 1.165) is 0 Å².